The monoisotopic (exact) mass is 372 g/mol. The lowest BCUT2D eigenvalue weighted by atomic mass is 9.80. The molecule has 1 saturated carbocycles. The number of nitrogens with zero attached hydrogens (tertiary/aromatic N) is 1. The topological polar surface area (TPSA) is 58.6 Å². The maximum atomic E-state index is 12.9. The van der Waals surface area contributed by atoms with Gasteiger partial charge in [0, 0.05) is 26.1 Å². The Morgan fingerprint density at radius 2 is 2.04 bits per heavy atom. The van der Waals surface area contributed by atoms with Crippen LogP contribution in [0.15, 0.2) is 24.3 Å². The summed E-state index contributed by atoms with van der Waals surface area (Å²) in [4.78, 5) is 27.5. The fourth-order valence-corrected chi connectivity index (χ4v) is 4.41. The highest BCUT2D eigenvalue weighted by Gasteiger charge is 2.39. The average molecular weight is 373 g/mol. The zero-order valence-corrected chi connectivity index (χ0v) is 16.6. The van der Waals surface area contributed by atoms with E-state index >= 15 is 0 Å². The highest BCUT2D eigenvalue weighted by Crippen LogP contribution is 2.32. The molecule has 0 aromatic heterocycles. The number of hydrogen-bond acceptors (Lipinski definition) is 3. The first kappa shape index (κ1) is 19.7. The molecular formula is C22H32N2O3. The van der Waals surface area contributed by atoms with Crippen molar-refractivity contribution in [1.82, 2.24) is 10.2 Å². The summed E-state index contributed by atoms with van der Waals surface area (Å²) in [7, 11) is 1.64. The van der Waals surface area contributed by atoms with Gasteiger partial charge in [-0.2, -0.15) is 0 Å². The molecule has 27 heavy (non-hydrogen) atoms. The Bertz CT molecular complexity index is 669. The number of rotatable bonds is 6. The van der Waals surface area contributed by atoms with Crippen molar-refractivity contribution >= 4 is 11.8 Å². The van der Waals surface area contributed by atoms with E-state index < -0.39 is 5.41 Å². The molecule has 1 aliphatic carbocycles. The van der Waals surface area contributed by atoms with Gasteiger partial charge in [-0.05, 0) is 56.2 Å². The average Bonchev–Trinajstić information content (AvgIpc) is 3.19. The zero-order valence-electron chi connectivity index (χ0n) is 16.6. The van der Waals surface area contributed by atoms with Gasteiger partial charge in [-0.3, -0.25) is 9.59 Å². The minimum Gasteiger partial charge on any atom is -0.497 e. The number of ether oxygens (including phenoxy) is 1. The van der Waals surface area contributed by atoms with Crippen molar-refractivity contribution in [3.63, 3.8) is 0 Å². The molecule has 1 N–H and O–H groups in total. The summed E-state index contributed by atoms with van der Waals surface area (Å²) in [6.45, 7) is 3.78. The number of piperidine rings is 1. The molecular weight excluding hydrogens is 340 g/mol. The van der Waals surface area contributed by atoms with E-state index in [0.717, 1.165) is 30.7 Å². The molecule has 1 aromatic rings. The van der Waals surface area contributed by atoms with Crippen LogP contribution in [0.1, 0.15) is 57.4 Å². The molecule has 0 radical (unpaired) electrons. The number of amides is 2. The normalized spacial score (nSPS) is 23.3. The van der Waals surface area contributed by atoms with E-state index in [0.29, 0.717) is 25.4 Å². The molecule has 2 amide bonds. The van der Waals surface area contributed by atoms with Crippen LogP contribution in [0.3, 0.4) is 0 Å². The summed E-state index contributed by atoms with van der Waals surface area (Å²) in [6, 6.07) is 7.72. The predicted molar refractivity (Wildman–Crippen MR) is 105 cm³/mol. The zero-order chi connectivity index (χ0) is 19.3. The smallest absolute Gasteiger partial charge is 0.227 e. The predicted octanol–water partition coefficient (Wildman–Crippen LogP) is 3.52. The molecule has 5 nitrogen and oxygen atoms in total. The Kier molecular flexibility index (Phi) is 6.40. The largest absolute Gasteiger partial charge is 0.497 e. The van der Waals surface area contributed by atoms with E-state index in [1.807, 2.05) is 36.1 Å². The molecule has 2 aliphatic rings. The molecule has 0 bridgehead atoms. The van der Waals surface area contributed by atoms with E-state index in [2.05, 4.69) is 5.32 Å². The number of hydrogen-bond donors (Lipinski definition) is 1. The lowest BCUT2D eigenvalue weighted by molar-refractivity contribution is -0.141. The number of carbonyl (C=O) groups is 2. The highest BCUT2D eigenvalue weighted by atomic mass is 16.5. The van der Waals surface area contributed by atoms with Crippen LogP contribution in [0.2, 0.25) is 0 Å². The molecule has 1 aromatic carbocycles. The molecule has 0 spiro atoms. The molecule has 1 heterocycles. The summed E-state index contributed by atoms with van der Waals surface area (Å²) in [6.07, 6.45) is 7.23. The molecule has 1 saturated heterocycles. The number of methoxy groups -OCH3 is 1. The van der Waals surface area contributed by atoms with E-state index in [4.69, 9.17) is 4.74 Å². The summed E-state index contributed by atoms with van der Waals surface area (Å²) in [5, 5.41) is 3.06. The van der Waals surface area contributed by atoms with Crippen molar-refractivity contribution in [2.75, 3.05) is 20.2 Å². The third-order valence-corrected chi connectivity index (χ3v) is 6.12. The van der Waals surface area contributed by atoms with Crippen LogP contribution in [0.4, 0.5) is 0 Å². The maximum absolute atomic E-state index is 12.9. The minimum absolute atomic E-state index is 0.0312. The van der Waals surface area contributed by atoms with Crippen LogP contribution >= 0.6 is 0 Å². The Morgan fingerprint density at radius 1 is 1.26 bits per heavy atom. The van der Waals surface area contributed by atoms with Gasteiger partial charge in [-0.1, -0.05) is 25.0 Å². The lowest BCUT2D eigenvalue weighted by Crippen LogP contribution is -2.52. The quantitative estimate of drug-likeness (QED) is 0.831. The van der Waals surface area contributed by atoms with Gasteiger partial charge < -0.3 is 15.0 Å². The molecule has 1 unspecified atom stereocenters. The number of benzene rings is 1. The fraction of sp³-hybridized carbons (Fsp3) is 0.636. The van der Waals surface area contributed by atoms with Crippen LogP contribution in [0.5, 0.6) is 5.75 Å². The van der Waals surface area contributed by atoms with Gasteiger partial charge in [0.25, 0.3) is 0 Å². The second-order valence-corrected chi connectivity index (χ2v) is 8.37. The SMILES string of the molecule is COc1cccc(CNC(=O)C2(C)CCCN(C(=O)CC3CCCC3)C2)c1. The minimum atomic E-state index is -0.511. The van der Waals surface area contributed by atoms with Gasteiger partial charge in [0.05, 0.1) is 12.5 Å². The van der Waals surface area contributed by atoms with Gasteiger partial charge in [-0.15, -0.1) is 0 Å². The van der Waals surface area contributed by atoms with Crippen molar-refractivity contribution in [1.29, 1.82) is 0 Å². The standard InChI is InChI=1S/C22H32N2O3/c1-22(21(26)23-15-18-9-5-10-19(13-18)27-2)11-6-12-24(16-22)20(25)14-17-7-3-4-8-17/h5,9-10,13,17H,3-4,6-8,11-12,14-16H2,1-2H3,(H,23,26). The van der Waals surface area contributed by atoms with Crippen molar-refractivity contribution < 1.29 is 14.3 Å². The highest BCUT2D eigenvalue weighted by molar-refractivity contribution is 5.84. The van der Waals surface area contributed by atoms with Gasteiger partial charge in [-0.25, -0.2) is 0 Å². The number of likely N-dealkylation sites (tertiary alicyclic amines) is 1. The first-order chi connectivity index (χ1) is 13.0. The molecule has 5 heteroatoms. The van der Waals surface area contributed by atoms with Crippen molar-refractivity contribution in [3.8, 4) is 5.75 Å². The van der Waals surface area contributed by atoms with Gasteiger partial charge in [0.1, 0.15) is 5.75 Å². The number of carbonyl (C=O) groups excluding carboxylic acids is 2. The van der Waals surface area contributed by atoms with Gasteiger partial charge in [0.15, 0.2) is 0 Å². The van der Waals surface area contributed by atoms with Crippen LogP contribution in [-0.2, 0) is 16.1 Å². The van der Waals surface area contributed by atoms with E-state index in [1.54, 1.807) is 7.11 Å². The van der Waals surface area contributed by atoms with Crippen molar-refractivity contribution in [2.45, 2.75) is 58.4 Å². The molecule has 3 rings (SSSR count). The Morgan fingerprint density at radius 3 is 2.78 bits per heavy atom. The Balaban J connectivity index is 1.55. The molecule has 1 aliphatic heterocycles. The molecule has 148 valence electrons. The van der Waals surface area contributed by atoms with E-state index in [-0.39, 0.29) is 11.8 Å². The van der Waals surface area contributed by atoms with Crippen LogP contribution in [0, 0.1) is 11.3 Å². The maximum Gasteiger partial charge on any atom is 0.227 e. The third kappa shape index (κ3) is 5.02. The van der Waals surface area contributed by atoms with Gasteiger partial charge >= 0.3 is 0 Å². The second kappa shape index (κ2) is 8.77. The van der Waals surface area contributed by atoms with Crippen molar-refractivity contribution in [2.24, 2.45) is 11.3 Å². The van der Waals surface area contributed by atoms with Crippen LogP contribution in [0.25, 0.3) is 0 Å². The third-order valence-electron chi connectivity index (χ3n) is 6.12. The summed E-state index contributed by atoms with van der Waals surface area (Å²) >= 11 is 0. The molecule has 2 fully saturated rings. The summed E-state index contributed by atoms with van der Waals surface area (Å²) in [5.74, 6) is 1.60. The van der Waals surface area contributed by atoms with Crippen LogP contribution < -0.4 is 10.1 Å². The number of nitrogens with one attached hydrogen (secondary N) is 1. The summed E-state index contributed by atoms with van der Waals surface area (Å²) < 4.78 is 5.24. The Hall–Kier alpha value is -2.04. The first-order valence-electron chi connectivity index (χ1n) is 10.2. The van der Waals surface area contributed by atoms with Crippen molar-refractivity contribution in [3.05, 3.63) is 29.8 Å². The Labute approximate surface area is 162 Å². The fourth-order valence-electron chi connectivity index (χ4n) is 4.41. The lowest BCUT2D eigenvalue weighted by Gasteiger charge is -2.39. The molecule has 1 atom stereocenters. The first-order valence-corrected chi connectivity index (χ1v) is 10.2. The van der Waals surface area contributed by atoms with Crippen LogP contribution in [-0.4, -0.2) is 36.9 Å². The van der Waals surface area contributed by atoms with Gasteiger partial charge in [0.2, 0.25) is 11.8 Å². The van der Waals surface area contributed by atoms with E-state index in [9.17, 15) is 9.59 Å². The van der Waals surface area contributed by atoms with E-state index in [1.165, 1.54) is 25.7 Å². The second-order valence-electron chi connectivity index (χ2n) is 8.37. The summed E-state index contributed by atoms with van der Waals surface area (Å²) in [5.41, 5.74) is 0.499.